The van der Waals surface area contributed by atoms with Crippen molar-refractivity contribution in [2.75, 3.05) is 13.7 Å². The highest BCUT2D eigenvalue weighted by molar-refractivity contribution is 5.85. The third-order valence-corrected chi connectivity index (χ3v) is 10.3. The van der Waals surface area contributed by atoms with Crippen LogP contribution in [0.3, 0.4) is 0 Å². The van der Waals surface area contributed by atoms with Crippen LogP contribution >= 0.6 is 0 Å². The summed E-state index contributed by atoms with van der Waals surface area (Å²) < 4.78 is 34.3. The summed E-state index contributed by atoms with van der Waals surface area (Å²) in [6.45, 7) is 12.6. The molecular weight excluding hydrogens is 622 g/mol. The molecule has 1 amide bonds. The van der Waals surface area contributed by atoms with Crippen LogP contribution in [0.1, 0.15) is 98.1 Å². The summed E-state index contributed by atoms with van der Waals surface area (Å²) in [7, 11) is 1.58. The van der Waals surface area contributed by atoms with Crippen molar-refractivity contribution < 1.29 is 52.7 Å². The van der Waals surface area contributed by atoms with Gasteiger partial charge in [-0.3, -0.25) is 4.79 Å². The number of carbonyl (C=O) groups excluding carboxylic acids is 4. The van der Waals surface area contributed by atoms with Crippen LogP contribution in [0.25, 0.3) is 0 Å². The number of carbonyl (C=O) groups is 4. The van der Waals surface area contributed by atoms with Crippen molar-refractivity contribution in [2.45, 2.75) is 134 Å². The number of benzene rings is 1. The zero-order valence-electron chi connectivity index (χ0n) is 29.4. The van der Waals surface area contributed by atoms with Gasteiger partial charge < -0.3 is 38.8 Å². The molecule has 1 aromatic rings. The van der Waals surface area contributed by atoms with Crippen LogP contribution in [-0.4, -0.2) is 78.4 Å². The number of alkyl carbamates (subject to hydrolysis) is 1. The highest BCUT2D eigenvalue weighted by Gasteiger charge is 2.73. The van der Waals surface area contributed by atoms with Crippen molar-refractivity contribution in [1.82, 2.24) is 5.32 Å². The van der Waals surface area contributed by atoms with E-state index in [9.17, 15) is 24.3 Å². The Labute approximate surface area is 282 Å². The lowest BCUT2D eigenvalue weighted by atomic mass is 9.43. The molecule has 2 bridgehead atoms. The molecule has 5 rings (SSSR count). The Morgan fingerprint density at radius 3 is 2.48 bits per heavy atom. The Hall–Kier alpha value is -3.54. The largest absolute Gasteiger partial charge is 0.493 e. The first-order chi connectivity index (χ1) is 22.5. The molecule has 2 N–H and O–H groups in total. The topological polar surface area (TPSA) is 156 Å². The van der Waals surface area contributed by atoms with E-state index in [-0.39, 0.29) is 31.3 Å². The number of hydrogen-bond acceptors (Lipinski definition) is 11. The van der Waals surface area contributed by atoms with Crippen molar-refractivity contribution in [3.05, 3.63) is 23.3 Å². The van der Waals surface area contributed by atoms with Crippen molar-refractivity contribution in [3.63, 3.8) is 0 Å². The molecule has 1 aliphatic heterocycles. The van der Waals surface area contributed by atoms with E-state index in [4.69, 9.17) is 28.4 Å². The first kappa shape index (κ1) is 35.8. The zero-order valence-corrected chi connectivity index (χ0v) is 29.4. The van der Waals surface area contributed by atoms with Crippen LogP contribution in [0, 0.1) is 17.8 Å². The quantitative estimate of drug-likeness (QED) is 0.251. The SMILES string of the molecule is COc1ccc2c3c1O[C@H]1C(OC(=O)[C@H](C)OC(=O)[C@H](CCC(=O)OCC(C)C)NC(=O)OC(C)(C)C)CC[C@@]4(O)[C@@H](C2)C(C)CC[C@]314. The Bertz CT molecular complexity index is 1420. The second kappa shape index (κ2) is 13.4. The first-order valence-corrected chi connectivity index (χ1v) is 17.2. The van der Waals surface area contributed by atoms with Gasteiger partial charge >= 0.3 is 24.0 Å². The maximum Gasteiger partial charge on any atom is 0.408 e. The molecule has 2 fully saturated rings. The summed E-state index contributed by atoms with van der Waals surface area (Å²) in [4.78, 5) is 51.7. The maximum atomic E-state index is 13.5. The molecular formula is C36H51NO11. The summed E-state index contributed by atoms with van der Waals surface area (Å²) >= 11 is 0. The van der Waals surface area contributed by atoms with E-state index in [0.717, 1.165) is 24.0 Å². The lowest BCUT2D eigenvalue weighted by Gasteiger charge is -2.62. The molecule has 266 valence electrons. The Morgan fingerprint density at radius 1 is 1.08 bits per heavy atom. The van der Waals surface area contributed by atoms with Gasteiger partial charge in [-0.2, -0.15) is 0 Å². The van der Waals surface area contributed by atoms with Gasteiger partial charge in [-0.05, 0) is 95.6 Å². The minimum absolute atomic E-state index is 0.0396. The van der Waals surface area contributed by atoms with Crippen LogP contribution in [0.5, 0.6) is 11.5 Å². The average molecular weight is 674 g/mol. The van der Waals surface area contributed by atoms with E-state index in [1.54, 1.807) is 27.9 Å². The van der Waals surface area contributed by atoms with E-state index in [1.165, 1.54) is 6.92 Å². The van der Waals surface area contributed by atoms with Crippen molar-refractivity contribution in [1.29, 1.82) is 0 Å². The minimum atomic E-state index is -1.34. The fraction of sp³-hybridized carbons (Fsp3) is 0.722. The fourth-order valence-electron chi connectivity index (χ4n) is 8.20. The predicted molar refractivity (Wildman–Crippen MR) is 172 cm³/mol. The lowest BCUT2D eigenvalue weighted by Crippen LogP contribution is -2.72. The van der Waals surface area contributed by atoms with Gasteiger partial charge in [0, 0.05) is 12.0 Å². The van der Waals surface area contributed by atoms with Crippen LogP contribution in [0.4, 0.5) is 4.79 Å². The molecule has 8 atom stereocenters. The summed E-state index contributed by atoms with van der Waals surface area (Å²) in [6.07, 6.45) is -0.765. The van der Waals surface area contributed by atoms with Crippen molar-refractivity contribution in [2.24, 2.45) is 17.8 Å². The molecule has 3 aliphatic carbocycles. The Morgan fingerprint density at radius 2 is 1.81 bits per heavy atom. The molecule has 1 heterocycles. The number of rotatable bonds is 11. The number of methoxy groups -OCH3 is 1. The van der Waals surface area contributed by atoms with Gasteiger partial charge in [0.1, 0.15) is 23.9 Å². The minimum Gasteiger partial charge on any atom is -0.493 e. The zero-order chi connectivity index (χ0) is 35.2. The molecule has 2 saturated carbocycles. The van der Waals surface area contributed by atoms with Gasteiger partial charge in [-0.25, -0.2) is 14.4 Å². The average Bonchev–Trinajstić information content (AvgIpc) is 3.36. The monoisotopic (exact) mass is 673 g/mol. The number of aliphatic hydroxyl groups is 1. The maximum absolute atomic E-state index is 13.5. The summed E-state index contributed by atoms with van der Waals surface area (Å²) in [5.41, 5.74) is -0.546. The van der Waals surface area contributed by atoms with Gasteiger partial charge in [0.15, 0.2) is 17.6 Å². The molecule has 1 spiro atoms. The molecule has 2 unspecified atom stereocenters. The lowest BCUT2D eigenvalue weighted by molar-refractivity contribution is -0.218. The second-order valence-corrected chi connectivity index (χ2v) is 15.3. The number of nitrogens with one attached hydrogen (secondary N) is 1. The fourth-order valence-corrected chi connectivity index (χ4v) is 8.20. The van der Waals surface area contributed by atoms with Gasteiger partial charge in [0.05, 0.1) is 24.7 Å². The Balaban J connectivity index is 1.30. The van der Waals surface area contributed by atoms with Crippen LogP contribution in [0.15, 0.2) is 12.1 Å². The van der Waals surface area contributed by atoms with Gasteiger partial charge in [-0.1, -0.05) is 26.8 Å². The highest BCUT2D eigenvalue weighted by Crippen LogP contribution is 2.68. The van der Waals surface area contributed by atoms with Gasteiger partial charge in [0.25, 0.3) is 0 Å². The first-order valence-electron chi connectivity index (χ1n) is 17.2. The van der Waals surface area contributed by atoms with E-state index >= 15 is 0 Å². The number of amides is 1. The standard InChI is InChI=1S/C36H51NO11/c1-19(2)18-44-27(38)12-10-24(37-33(41)48-34(5,6)7)32(40)45-21(4)31(39)46-26-14-16-36(42)23-17-22-9-11-25(43-8)29-28(22)35(36,30(26)47-29)15-13-20(23)3/h9,11,19-21,23-24,26,30,42H,10,12-18H2,1-8H3,(H,37,41)/t20?,21-,23-,24-,26?,30-,35-,36+/m0/s1. The Kier molecular flexibility index (Phi) is 9.98. The molecule has 4 aliphatic rings. The predicted octanol–water partition coefficient (Wildman–Crippen LogP) is 4.54. The van der Waals surface area contributed by atoms with Gasteiger partial charge in [0.2, 0.25) is 0 Å². The van der Waals surface area contributed by atoms with E-state index in [0.29, 0.717) is 36.7 Å². The van der Waals surface area contributed by atoms with E-state index < -0.39 is 65.0 Å². The number of esters is 3. The summed E-state index contributed by atoms with van der Waals surface area (Å²) in [6, 6.07) is 2.66. The van der Waals surface area contributed by atoms with Crippen LogP contribution in [0.2, 0.25) is 0 Å². The summed E-state index contributed by atoms with van der Waals surface area (Å²) in [5, 5.41) is 14.9. The van der Waals surface area contributed by atoms with E-state index in [2.05, 4.69) is 18.3 Å². The smallest absolute Gasteiger partial charge is 0.408 e. The molecule has 48 heavy (non-hydrogen) atoms. The van der Waals surface area contributed by atoms with Crippen LogP contribution < -0.4 is 14.8 Å². The molecule has 12 nitrogen and oxygen atoms in total. The molecule has 0 saturated heterocycles. The van der Waals surface area contributed by atoms with Crippen molar-refractivity contribution >= 4 is 24.0 Å². The highest BCUT2D eigenvalue weighted by atomic mass is 16.6. The van der Waals surface area contributed by atoms with E-state index in [1.807, 2.05) is 19.9 Å². The summed E-state index contributed by atoms with van der Waals surface area (Å²) in [5.74, 6) is -0.585. The van der Waals surface area contributed by atoms with Crippen LogP contribution in [-0.2, 0) is 45.2 Å². The molecule has 1 aromatic carbocycles. The third kappa shape index (κ3) is 6.56. The number of hydrogen-bond donors (Lipinski definition) is 2. The third-order valence-electron chi connectivity index (χ3n) is 10.3. The molecule has 12 heteroatoms. The van der Waals surface area contributed by atoms with Crippen molar-refractivity contribution in [3.8, 4) is 11.5 Å². The normalized spacial score (nSPS) is 29.5. The molecule has 0 radical (unpaired) electrons. The van der Waals surface area contributed by atoms with Gasteiger partial charge in [-0.15, -0.1) is 0 Å². The molecule has 0 aromatic heterocycles. The number of ether oxygens (including phenoxy) is 6. The second-order valence-electron chi connectivity index (χ2n) is 15.3.